The summed E-state index contributed by atoms with van der Waals surface area (Å²) in [4.78, 5) is 23.6. The fourth-order valence-electron chi connectivity index (χ4n) is 2.11. The van der Waals surface area contributed by atoms with E-state index < -0.39 is 11.5 Å². The molecule has 5 nitrogen and oxygen atoms in total. The second-order valence-electron chi connectivity index (χ2n) is 4.85. The maximum atomic E-state index is 12.1. The van der Waals surface area contributed by atoms with E-state index >= 15 is 0 Å². The molecule has 102 valence electrons. The molecule has 19 heavy (non-hydrogen) atoms. The summed E-state index contributed by atoms with van der Waals surface area (Å²) in [6.07, 6.45) is 0.635. The smallest absolute Gasteiger partial charge is 0.333 e. The van der Waals surface area contributed by atoms with E-state index in [2.05, 4.69) is 5.32 Å². The van der Waals surface area contributed by atoms with Crippen molar-refractivity contribution in [3.05, 3.63) is 35.9 Å². The second kappa shape index (κ2) is 5.40. The van der Waals surface area contributed by atoms with Crippen molar-refractivity contribution in [2.24, 2.45) is 5.92 Å². The highest BCUT2D eigenvalue weighted by atomic mass is 16.5. The third kappa shape index (κ3) is 2.76. The van der Waals surface area contributed by atoms with E-state index in [0.29, 0.717) is 25.2 Å². The van der Waals surface area contributed by atoms with Crippen LogP contribution in [-0.4, -0.2) is 30.2 Å². The van der Waals surface area contributed by atoms with Crippen LogP contribution in [0.5, 0.6) is 0 Å². The first-order chi connectivity index (χ1) is 9.04. The molecule has 1 amide bonds. The zero-order chi connectivity index (χ0) is 13.9. The first-order valence-electron chi connectivity index (χ1n) is 6.23. The van der Waals surface area contributed by atoms with E-state index in [4.69, 9.17) is 4.74 Å². The Morgan fingerprint density at radius 3 is 2.58 bits per heavy atom. The fraction of sp³-hybridized carbons (Fsp3) is 0.429. The molecule has 0 aromatic heterocycles. The molecule has 0 spiro atoms. The zero-order valence-electron chi connectivity index (χ0n) is 10.8. The molecule has 1 saturated heterocycles. The lowest BCUT2D eigenvalue weighted by Crippen LogP contribution is -2.51. The lowest BCUT2D eigenvalue weighted by atomic mass is 9.91. The minimum atomic E-state index is -1.42. The van der Waals surface area contributed by atoms with Gasteiger partial charge >= 0.3 is 5.97 Å². The number of aliphatic carboxylic acids is 1. The molecule has 1 aromatic rings. The van der Waals surface area contributed by atoms with E-state index in [-0.39, 0.29) is 11.8 Å². The monoisotopic (exact) mass is 263 g/mol. The minimum Gasteiger partial charge on any atom is -0.479 e. The SMILES string of the molecule is CC(NC(=O)C1CCOC1)(C(=O)O)c1ccccc1. The van der Waals surface area contributed by atoms with Gasteiger partial charge in [-0.1, -0.05) is 30.3 Å². The normalized spacial score (nSPS) is 21.6. The Bertz CT molecular complexity index is 468. The van der Waals surface area contributed by atoms with Crippen LogP contribution in [0, 0.1) is 5.92 Å². The summed E-state index contributed by atoms with van der Waals surface area (Å²) >= 11 is 0. The van der Waals surface area contributed by atoms with Gasteiger partial charge < -0.3 is 15.2 Å². The Hall–Kier alpha value is -1.88. The number of carbonyl (C=O) groups excluding carboxylic acids is 1. The van der Waals surface area contributed by atoms with Crippen LogP contribution in [0.4, 0.5) is 0 Å². The maximum Gasteiger partial charge on any atom is 0.333 e. The van der Waals surface area contributed by atoms with E-state index in [0.717, 1.165) is 0 Å². The number of ether oxygens (including phenoxy) is 1. The molecule has 0 saturated carbocycles. The Labute approximate surface area is 111 Å². The van der Waals surface area contributed by atoms with Gasteiger partial charge in [-0.15, -0.1) is 0 Å². The number of benzene rings is 1. The number of hydrogen-bond acceptors (Lipinski definition) is 3. The first kappa shape index (κ1) is 13.5. The van der Waals surface area contributed by atoms with Gasteiger partial charge in [0.1, 0.15) is 0 Å². The molecular weight excluding hydrogens is 246 g/mol. The van der Waals surface area contributed by atoms with E-state index in [1.54, 1.807) is 30.3 Å². The Morgan fingerprint density at radius 1 is 1.37 bits per heavy atom. The molecule has 0 aliphatic carbocycles. The predicted octanol–water partition coefficient (Wildman–Crippen LogP) is 1.14. The molecule has 1 aromatic carbocycles. The quantitative estimate of drug-likeness (QED) is 0.854. The van der Waals surface area contributed by atoms with Gasteiger partial charge in [0.15, 0.2) is 5.54 Å². The average molecular weight is 263 g/mol. The summed E-state index contributed by atoms with van der Waals surface area (Å²) in [7, 11) is 0. The van der Waals surface area contributed by atoms with Gasteiger partial charge in [-0.2, -0.15) is 0 Å². The predicted molar refractivity (Wildman–Crippen MR) is 68.5 cm³/mol. The number of rotatable bonds is 4. The summed E-state index contributed by atoms with van der Waals surface area (Å²) in [5, 5.41) is 12.1. The lowest BCUT2D eigenvalue weighted by molar-refractivity contribution is -0.148. The summed E-state index contributed by atoms with van der Waals surface area (Å²) in [6, 6.07) is 8.69. The third-order valence-corrected chi connectivity index (χ3v) is 3.45. The van der Waals surface area contributed by atoms with Crippen molar-refractivity contribution in [3.8, 4) is 0 Å². The van der Waals surface area contributed by atoms with E-state index in [9.17, 15) is 14.7 Å². The van der Waals surface area contributed by atoms with Crippen LogP contribution >= 0.6 is 0 Å². The molecule has 2 rings (SSSR count). The second-order valence-corrected chi connectivity index (χ2v) is 4.85. The van der Waals surface area contributed by atoms with Crippen molar-refractivity contribution >= 4 is 11.9 Å². The Kier molecular flexibility index (Phi) is 3.85. The van der Waals surface area contributed by atoms with Crippen LogP contribution in [0.2, 0.25) is 0 Å². The van der Waals surface area contributed by atoms with Crippen LogP contribution in [0.15, 0.2) is 30.3 Å². The van der Waals surface area contributed by atoms with E-state index in [1.807, 2.05) is 0 Å². The molecule has 0 bridgehead atoms. The number of amides is 1. The Balaban J connectivity index is 2.20. The number of carbonyl (C=O) groups is 2. The minimum absolute atomic E-state index is 0.262. The highest BCUT2D eigenvalue weighted by Crippen LogP contribution is 2.23. The third-order valence-electron chi connectivity index (χ3n) is 3.45. The highest BCUT2D eigenvalue weighted by Gasteiger charge is 2.38. The molecule has 1 aliphatic heterocycles. The first-order valence-corrected chi connectivity index (χ1v) is 6.23. The van der Waals surface area contributed by atoms with Crippen LogP contribution in [-0.2, 0) is 19.9 Å². The zero-order valence-corrected chi connectivity index (χ0v) is 10.8. The van der Waals surface area contributed by atoms with Gasteiger partial charge in [-0.3, -0.25) is 4.79 Å². The fourth-order valence-corrected chi connectivity index (χ4v) is 2.11. The van der Waals surface area contributed by atoms with Crippen LogP contribution in [0.3, 0.4) is 0 Å². The van der Waals surface area contributed by atoms with E-state index in [1.165, 1.54) is 6.92 Å². The van der Waals surface area contributed by atoms with Crippen molar-refractivity contribution in [3.63, 3.8) is 0 Å². The number of carboxylic acids is 1. The molecule has 1 aliphatic rings. The van der Waals surface area contributed by atoms with Gasteiger partial charge in [0.05, 0.1) is 12.5 Å². The largest absolute Gasteiger partial charge is 0.479 e. The number of nitrogens with one attached hydrogen (secondary N) is 1. The van der Waals surface area contributed by atoms with Crippen molar-refractivity contribution in [1.29, 1.82) is 0 Å². The van der Waals surface area contributed by atoms with Crippen LogP contribution in [0.1, 0.15) is 18.9 Å². The molecule has 2 unspecified atom stereocenters. The topological polar surface area (TPSA) is 75.6 Å². The number of hydrogen-bond donors (Lipinski definition) is 2. The van der Waals surface area contributed by atoms with Crippen molar-refractivity contribution in [2.75, 3.05) is 13.2 Å². The molecule has 5 heteroatoms. The summed E-state index contributed by atoms with van der Waals surface area (Å²) in [5.74, 6) is -1.61. The summed E-state index contributed by atoms with van der Waals surface area (Å²) in [5.41, 5.74) is -0.865. The molecule has 1 heterocycles. The lowest BCUT2D eigenvalue weighted by Gasteiger charge is -2.28. The van der Waals surface area contributed by atoms with Crippen molar-refractivity contribution in [1.82, 2.24) is 5.32 Å². The Morgan fingerprint density at radius 2 is 2.05 bits per heavy atom. The van der Waals surface area contributed by atoms with Gasteiger partial charge in [0.2, 0.25) is 5.91 Å². The van der Waals surface area contributed by atoms with Crippen LogP contribution < -0.4 is 5.32 Å². The maximum absolute atomic E-state index is 12.1. The van der Waals surface area contributed by atoms with Gasteiger partial charge in [0.25, 0.3) is 0 Å². The van der Waals surface area contributed by atoms with Crippen molar-refractivity contribution < 1.29 is 19.4 Å². The molecule has 2 atom stereocenters. The number of carboxylic acid groups (broad SMARTS) is 1. The standard InChI is InChI=1S/C14H17NO4/c1-14(13(17)18,11-5-3-2-4-6-11)15-12(16)10-7-8-19-9-10/h2-6,10H,7-9H2,1H3,(H,15,16)(H,17,18). The molecule has 1 fully saturated rings. The highest BCUT2D eigenvalue weighted by molar-refractivity contribution is 5.88. The molecular formula is C14H17NO4. The molecule has 2 N–H and O–H groups in total. The van der Waals surface area contributed by atoms with Gasteiger partial charge in [-0.25, -0.2) is 4.79 Å². The summed E-state index contributed by atoms with van der Waals surface area (Å²) < 4.78 is 5.15. The van der Waals surface area contributed by atoms with Crippen molar-refractivity contribution in [2.45, 2.75) is 18.9 Å². The van der Waals surface area contributed by atoms with Crippen LogP contribution in [0.25, 0.3) is 0 Å². The molecule has 0 radical (unpaired) electrons. The van der Waals surface area contributed by atoms with Gasteiger partial charge in [-0.05, 0) is 18.9 Å². The average Bonchev–Trinajstić information content (AvgIpc) is 2.93. The summed E-state index contributed by atoms with van der Waals surface area (Å²) in [6.45, 7) is 2.40. The van der Waals surface area contributed by atoms with Gasteiger partial charge in [0, 0.05) is 6.61 Å².